The van der Waals surface area contributed by atoms with Gasteiger partial charge in [0.15, 0.2) is 6.29 Å². The molecule has 1 aliphatic heterocycles. The molecule has 25 heavy (non-hydrogen) atoms. The fourth-order valence-electron chi connectivity index (χ4n) is 4.53. The summed E-state index contributed by atoms with van der Waals surface area (Å²) in [6, 6.07) is 1.80. The molecule has 1 aromatic rings. The smallest absolute Gasteiger partial charge is 0.154 e. The van der Waals surface area contributed by atoms with Crippen LogP contribution in [0, 0.1) is 5.92 Å². The number of fused-ring (bicyclic) bond motifs is 3. The highest BCUT2D eigenvalue weighted by atomic mass is 16.5. The first-order chi connectivity index (χ1) is 11.9. The lowest BCUT2D eigenvalue weighted by atomic mass is 9.67. The second-order valence-corrected chi connectivity index (χ2v) is 8.18. The van der Waals surface area contributed by atoms with Crippen molar-refractivity contribution in [3.05, 3.63) is 34.4 Å². The summed E-state index contributed by atoms with van der Waals surface area (Å²) >= 11 is 0. The number of carbonyl (C=O) groups is 1. The molecule has 0 amide bonds. The second kappa shape index (κ2) is 6.86. The van der Waals surface area contributed by atoms with Gasteiger partial charge in [-0.25, -0.2) is 0 Å². The van der Waals surface area contributed by atoms with Crippen LogP contribution in [0.1, 0.15) is 87.2 Å². The number of aromatic hydroxyl groups is 1. The van der Waals surface area contributed by atoms with Crippen LogP contribution in [0.15, 0.2) is 17.7 Å². The molecular weight excluding hydrogens is 312 g/mol. The Kier molecular flexibility index (Phi) is 4.95. The van der Waals surface area contributed by atoms with E-state index in [-0.39, 0.29) is 17.3 Å². The van der Waals surface area contributed by atoms with Crippen LogP contribution in [0.2, 0.25) is 0 Å². The van der Waals surface area contributed by atoms with Crippen molar-refractivity contribution in [1.29, 1.82) is 0 Å². The van der Waals surface area contributed by atoms with Crippen LogP contribution in [-0.4, -0.2) is 17.0 Å². The average Bonchev–Trinajstić information content (AvgIpc) is 2.54. The molecule has 0 bridgehead atoms. The molecule has 0 aromatic heterocycles. The number of allylic oxidation sites excluding steroid dienone is 2. The number of phenols is 1. The predicted octanol–water partition coefficient (Wildman–Crippen LogP) is 5.55. The van der Waals surface area contributed by atoms with Gasteiger partial charge in [0.25, 0.3) is 0 Å². The van der Waals surface area contributed by atoms with Gasteiger partial charge in [0.2, 0.25) is 0 Å². The van der Waals surface area contributed by atoms with Gasteiger partial charge in [-0.3, -0.25) is 4.79 Å². The number of rotatable bonds is 5. The van der Waals surface area contributed by atoms with E-state index in [1.807, 2.05) is 0 Å². The molecule has 1 aromatic carbocycles. The highest BCUT2D eigenvalue weighted by molar-refractivity contribution is 5.84. The Morgan fingerprint density at radius 3 is 2.80 bits per heavy atom. The fraction of sp³-hybridized carbons (Fsp3) is 0.591. The quantitative estimate of drug-likeness (QED) is 0.433. The summed E-state index contributed by atoms with van der Waals surface area (Å²) < 4.78 is 6.35. The molecule has 2 atom stereocenters. The third kappa shape index (κ3) is 3.21. The number of aldehydes is 1. The Morgan fingerprint density at radius 1 is 1.36 bits per heavy atom. The Morgan fingerprint density at radius 2 is 2.12 bits per heavy atom. The molecule has 1 aliphatic carbocycles. The van der Waals surface area contributed by atoms with Gasteiger partial charge in [0.1, 0.15) is 17.1 Å². The van der Waals surface area contributed by atoms with Gasteiger partial charge in [0, 0.05) is 17.4 Å². The van der Waals surface area contributed by atoms with Crippen LogP contribution >= 0.6 is 0 Å². The van der Waals surface area contributed by atoms with E-state index in [4.69, 9.17) is 4.74 Å². The molecule has 0 spiro atoms. The summed E-state index contributed by atoms with van der Waals surface area (Å²) in [5.74, 6) is 1.33. The van der Waals surface area contributed by atoms with Crippen molar-refractivity contribution in [2.45, 2.75) is 77.7 Å². The van der Waals surface area contributed by atoms with Crippen LogP contribution in [0.25, 0.3) is 0 Å². The minimum absolute atomic E-state index is 0.121. The number of unbranched alkanes of at least 4 members (excludes halogenated alkanes) is 2. The van der Waals surface area contributed by atoms with Crippen molar-refractivity contribution in [3.63, 3.8) is 0 Å². The van der Waals surface area contributed by atoms with Gasteiger partial charge in [-0.1, -0.05) is 31.4 Å². The number of hydrogen-bond acceptors (Lipinski definition) is 3. The van der Waals surface area contributed by atoms with Gasteiger partial charge in [-0.15, -0.1) is 0 Å². The molecule has 0 saturated carbocycles. The summed E-state index contributed by atoms with van der Waals surface area (Å²) in [6.07, 6.45) is 9.37. The number of hydrogen-bond donors (Lipinski definition) is 1. The van der Waals surface area contributed by atoms with E-state index in [0.717, 1.165) is 55.9 Å². The first-order valence-electron chi connectivity index (χ1n) is 9.59. The monoisotopic (exact) mass is 342 g/mol. The van der Waals surface area contributed by atoms with Gasteiger partial charge < -0.3 is 9.84 Å². The van der Waals surface area contributed by atoms with Gasteiger partial charge in [0.05, 0.1) is 5.56 Å². The highest BCUT2D eigenvalue weighted by Crippen LogP contribution is 2.54. The normalized spacial score (nSPS) is 23.9. The van der Waals surface area contributed by atoms with Crippen LogP contribution in [0.4, 0.5) is 0 Å². The zero-order valence-electron chi connectivity index (χ0n) is 15.9. The van der Waals surface area contributed by atoms with Gasteiger partial charge in [-0.2, -0.15) is 0 Å². The third-order valence-corrected chi connectivity index (χ3v) is 5.93. The van der Waals surface area contributed by atoms with E-state index in [0.29, 0.717) is 17.2 Å². The number of ether oxygens (including phenoxy) is 1. The average molecular weight is 342 g/mol. The summed E-state index contributed by atoms with van der Waals surface area (Å²) in [4.78, 5) is 11.9. The lowest BCUT2D eigenvalue weighted by Crippen LogP contribution is -2.45. The van der Waals surface area contributed by atoms with E-state index in [2.05, 4.69) is 33.8 Å². The number of carbonyl (C=O) groups excluding carboxylic acids is 1. The van der Waals surface area contributed by atoms with Gasteiger partial charge >= 0.3 is 0 Å². The lowest BCUT2D eigenvalue weighted by molar-refractivity contribution is 0.0102. The molecular formula is C22H30O3. The number of benzene rings is 1. The number of aryl methyl sites for hydroxylation is 1. The molecule has 3 rings (SSSR count). The van der Waals surface area contributed by atoms with Crippen molar-refractivity contribution >= 4 is 6.29 Å². The second-order valence-electron chi connectivity index (χ2n) is 8.18. The van der Waals surface area contributed by atoms with Crippen molar-refractivity contribution < 1.29 is 14.6 Å². The number of phenolic OH excluding ortho intramolecular Hbond substituents is 1. The molecule has 0 radical (unpaired) electrons. The summed E-state index contributed by atoms with van der Waals surface area (Å²) in [5, 5.41) is 10.8. The topological polar surface area (TPSA) is 46.5 Å². The Labute approximate surface area is 151 Å². The highest BCUT2D eigenvalue weighted by Gasteiger charge is 2.46. The zero-order valence-corrected chi connectivity index (χ0v) is 15.9. The minimum atomic E-state index is -0.346. The van der Waals surface area contributed by atoms with Crippen LogP contribution < -0.4 is 4.74 Å². The maximum absolute atomic E-state index is 11.9. The predicted molar refractivity (Wildman–Crippen MR) is 101 cm³/mol. The molecule has 3 heteroatoms. The first-order valence-corrected chi connectivity index (χ1v) is 9.59. The summed E-state index contributed by atoms with van der Waals surface area (Å²) in [5.41, 5.74) is 3.35. The Bertz CT molecular complexity index is 700. The summed E-state index contributed by atoms with van der Waals surface area (Å²) in [7, 11) is 0. The molecule has 0 unspecified atom stereocenters. The van der Waals surface area contributed by atoms with Crippen LogP contribution in [0.3, 0.4) is 0 Å². The van der Waals surface area contributed by atoms with Crippen molar-refractivity contribution in [3.8, 4) is 11.5 Å². The SMILES string of the molecule is CCCCCc1cc(O)c2c(c1C=O)OC(C)(C)[C@@H]1CCC(C)=C[C@@H]21. The first kappa shape index (κ1) is 18.0. The van der Waals surface area contributed by atoms with Crippen LogP contribution in [0.5, 0.6) is 11.5 Å². The molecule has 0 fully saturated rings. The zero-order chi connectivity index (χ0) is 18.2. The third-order valence-electron chi connectivity index (χ3n) is 5.93. The Hall–Kier alpha value is -1.77. The maximum atomic E-state index is 11.9. The van der Waals surface area contributed by atoms with Crippen molar-refractivity contribution in [1.82, 2.24) is 0 Å². The molecule has 0 saturated heterocycles. The molecule has 1 N–H and O–H groups in total. The Balaban J connectivity index is 2.13. The molecule has 2 aliphatic rings. The van der Waals surface area contributed by atoms with E-state index in [1.165, 1.54) is 5.57 Å². The van der Waals surface area contributed by atoms with Crippen molar-refractivity contribution in [2.75, 3.05) is 0 Å². The van der Waals surface area contributed by atoms with Gasteiger partial charge in [-0.05, 0) is 58.1 Å². The van der Waals surface area contributed by atoms with E-state index in [1.54, 1.807) is 6.07 Å². The molecule has 3 nitrogen and oxygen atoms in total. The van der Waals surface area contributed by atoms with Crippen LogP contribution in [-0.2, 0) is 6.42 Å². The van der Waals surface area contributed by atoms with E-state index >= 15 is 0 Å². The van der Waals surface area contributed by atoms with E-state index < -0.39 is 0 Å². The van der Waals surface area contributed by atoms with Crippen molar-refractivity contribution in [2.24, 2.45) is 5.92 Å². The largest absolute Gasteiger partial charge is 0.507 e. The fourth-order valence-corrected chi connectivity index (χ4v) is 4.53. The summed E-state index contributed by atoms with van der Waals surface area (Å²) in [6.45, 7) is 8.53. The minimum Gasteiger partial charge on any atom is -0.507 e. The molecule has 136 valence electrons. The molecule has 1 heterocycles. The standard InChI is InChI=1S/C22H30O3/c1-5-6-7-8-15-12-19(24)20-16-11-14(2)9-10-18(16)22(3,4)25-21(20)17(15)13-23/h11-13,16,18,24H,5-10H2,1-4H3/t16-,18-/m1/s1. The van der Waals surface area contributed by atoms with E-state index in [9.17, 15) is 9.90 Å². The maximum Gasteiger partial charge on any atom is 0.154 e. The lowest BCUT2D eigenvalue weighted by Gasteiger charge is -2.47.